The molecule has 1 aromatic heterocycles. The molecule has 0 amide bonds. The largest absolute Gasteiger partial charge is 0.371 e. The number of halogens is 3. The topological polar surface area (TPSA) is 102 Å². The van der Waals surface area contributed by atoms with Crippen LogP contribution in [0.4, 0.5) is 24.5 Å². The second-order valence-corrected chi connectivity index (χ2v) is 10.1. The van der Waals surface area contributed by atoms with Crippen molar-refractivity contribution in [2.45, 2.75) is 26.3 Å². The lowest BCUT2D eigenvalue weighted by Crippen LogP contribution is -2.55. The van der Waals surface area contributed by atoms with E-state index in [-0.39, 0.29) is 39.5 Å². The van der Waals surface area contributed by atoms with Crippen molar-refractivity contribution < 1.29 is 21.6 Å². The summed E-state index contributed by atoms with van der Waals surface area (Å²) in [4.78, 5) is 1.06. The third kappa shape index (κ3) is 3.15. The number of benzene rings is 2. The molecule has 0 atom stereocenters. The van der Waals surface area contributed by atoms with Crippen LogP contribution in [0.25, 0.3) is 22.0 Å². The Balaban J connectivity index is 2.08. The molecule has 0 fully saturated rings. The molecule has 0 spiro atoms. The Morgan fingerprint density at radius 3 is 2.41 bits per heavy atom. The summed E-state index contributed by atoms with van der Waals surface area (Å²) in [5, 5.41) is 19.5. The molecule has 4 rings (SSSR count). The highest BCUT2D eigenvalue weighted by molar-refractivity contribution is 7.89. The van der Waals surface area contributed by atoms with E-state index >= 15 is 8.78 Å². The summed E-state index contributed by atoms with van der Waals surface area (Å²) in [6, 6.07) is 4.27. The zero-order valence-corrected chi connectivity index (χ0v) is 18.5. The molecule has 0 aliphatic carbocycles. The van der Waals surface area contributed by atoms with Crippen LogP contribution < -0.4 is 10.2 Å². The van der Waals surface area contributed by atoms with Crippen LogP contribution in [-0.4, -0.2) is 35.9 Å². The van der Waals surface area contributed by atoms with E-state index in [2.05, 4.69) is 5.32 Å². The highest BCUT2D eigenvalue weighted by atomic mass is 32.2. The van der Waals surface area contributed by atoms with Crippen LogP contribution in [0.2, 0.25) is 0 Å². The van der Waals surface area contributed by atoms with Gasteiger partial charge in [-0.3, -0.25) is 15.7 Å². The average Bonchev–Trinajstić information content (AvgIpc) is 3.06. The van der Waals surface area contributed by atoms with Crippen LogP contribution in [0.15, 0.2) is 30.5 Å². The van der Waals surface area contributed by atoms with E-state index in [1.165, 1.54) is 19.2 Å². The number of rotatable bonds is 2. The molecule has 32 heavy (non-hydrogen) atoms. The van der Waals surface area contributed by atoms with Crippen molar-refractivity contribution in [3.05, 3.63) is 47.9 Å². The maximum Gasteiger partial charge on any atom is 0.236 e. The molecule has 0 unspecified atom stereocenters. The van der Waals surface area contributed by atoms with Gasteiger partial charge in [-0.05, 0) is 44.5 Å². The molecule has 3 N–H and O–H groups in total. The van der Waals surface area contributed by atoms with E-state index in [4.69, 9.17) is 10.8 Å². The molecule has 11 heteroatoms. The van der Waals surface area contributed by atoms with Crippen molar-refractivity contribution in [2.75, 3.05) is 16.5 Å². The minimum Gasteiger partial charge on any atom is -0.371 e. The van der Waals surface area contributed by atoms with Gasteiger partial charge in [-0.1, -0.05) is 0 Å². The van der Waals surface area contributed by atoms with Crippen molar-refractivity contribution in [1.82, 2.24) is 3.97 Å². The van der Waals surface area contributed by atoms with Gasteiger partial charge in [0.15, 0.2) is 5.82 Å². The third-order valence-corrected chi connectivity index (χ3v) is 6.41. The van der Waals surface area contributed by atoms with E-state index < -0.39 is 38.6 Å². The van der Waals surface area contributed by atoms with Crippen molar-refractivity contribution >= 4 is 44.0 Å². The fourth-order valence-electron chi connectivity index (χ4n) is 3.97. The summed E-state index contributed by atoms with van der Waals surface area (Å²) < 4.78 is 70.5. The first-order valence-electron chi connectivity index (χ1n) is 9.50. The molecule has 0 bridgehead atoms. The summed E-state index contributed by atoms with van der Waals surface area (Å²) in [5.74, 6) is -3.26. The number of hydrogen-bond acceptors (Lipinski definition) is 5. The van der Waals surface area contributed by atoms with Crippen LogP contribution in [0, 0.1) is 28.3 Å². The molecule has 1 aliphatic rings. The van der Waals surface area contributed by atoms with Gasteiger partial charge in [0.05, 0.1) is 28.6 Å². The van der Waals surface area contributed by atoms with Gasteiger partial charge < -0.3 is 5.32 Å². The second kappa shape index (κ2) is 6.83. The summed E-state index contributed by atoms with van der Waals surface area (Å²) in [7, 11) is -3.79. The summed E-state index contributed by atoms with van der Waals surface area (Å²) >= 11 is 0. The van der Waals surface area contributed by atoms with Crippen LogP contribution in [-0.2, 0) is 10.0 Å². The first kappa shape index (κ1) is 21.9. The number of hydrogen-bond donors (Lipinski definition) is 3. The molecular formula is C21H20F3N5O2S. The van der Waals surface area contributed by atoms with Gasteiger partial charge in [-0.2, -0.15) is 0 Å². The van der Waals surface area contributed by atoms with Crippen LogP contribution in [0.1, 0.15) is 20.8 Å². The van der Waals surface area contributed by atoms with Crippen molar-refractivity contribution in [3.63, 3.8) is 0 Å². The van der Waals surface area contributed by atoms with E-state index in [1.807, 2.05) is 0 Å². The van der Waals surface area contributed by atoms with Gasteiger partial charge in [-0.25, -0.2) is 25.6 Å². The van der Waals surface area contributed by atoms with Gasteiger partial charge in [0.2, 0.25) is 10.0 Å². The lowest BCUT2D eigenvalue weighted by molar-refractivity contribution is 0.587. The number of nitrogens with one attached hydrogen (secondary N) is 3. The third-order valence-electron chi connectivity index (χ3n) is 5.38. The van der Waals surface area contributed by atoms with E-state index in [9.17, 15) is 12.8 Å². The highest BCUT2D eigenvalue weighted by Gasteiger charge is 2.40. The van der Waals surface area contributed by atoms with Gasteiger partial charge in [-0.15, -0.1) is 0 Å². The Labute approximate surface area is 182 Å². The fourth-order valence-corrected chi connectivity index (χ4v) is 4.76. The Kier molecular flexibility index (Phi) is 4.67. The zero-order valence-electron chi connectivity index (χ0n) is 17.6. The summed E-state index contributed by atoms with van der Waals surface area (Å²) in [5.41, 5.74) is -2.03. The van der Waals surface area contributed by atoms with Crippen LogP contribution in [0.3, 0.4) is 0 Å². The molecule has 0 saturated carbocycles. The number of aromatic nitrogens is 1. The number of anilines is 2. The summed E-state index contributed by atoms with van der Waals surface area (Å²) in [6.07, 6.45) is 2.12. The smallest absolute Gasteiger partial charge is 0.236 e. The Bertz CT molecular complexity index is 1440. The quantitative estimate of drug-likeness (QED) is 0.384. The molecule has 2 heterocycles. The predicted octanol–water partition coefficient (Wildman–Crippen LogP) is 4.52. The maximum absolute atomic E-state index is 15.9. The molecule has 1 aliphatic heterocycles. The Morgan fingerprint density at radius 2 is 1.81 bits per heavy atom. The predicted molar refractivity (Wildman–Crippen MR) is 119 cm³/mol. The van der Waals surface area contributed by atoms with Crippen molar-refractivity contribution in [1.29, 1.82) is 10.8 Å². The molecule has 3 aromatic rings. The highest BCUT2D eigenvalue weighted by Crippen LogP contribution is 2.44. The normalized spacial score (nSPS) is 15.6. The van der Waals surface area contributed by atoms with Gasteiger partial charge in [0.1, 0.15) is 29.0 Å². The second-order valence-electron chi connectivity index (χ2n) is 8.22. The Hall–Kier alpha value is -3.34. The zero-order chi connectivity index (χ0) is 23.7. The van der Waals surface area contributed by atoms with Gasteiger partial charge >= 0.3 is 0 Å². The molecule has 2 aromatic carbocycles. The van der Waals surface area contributed by atoms with E-state index in [1.54, 1.807) is 13.8 Å². The van der Waals surface area contributed by atoms with E-state index in [0.29, 0.717) is 0 Å². The lowest BCUT2D eigenvalue weighted by Gasteiger charge is -2.42. The summed E-state index contributed by atoms with van der Waals surface area (Å²) in [6.45, 7) is 4.65. The SMILES string of the molecule is CC(=N)N1C(=N)C(C)(C)Nc2cc(F)c(-c3cc(F)cc4c3ccn4S(C)(=O)=O)c(F)c21. The standard InChI is InChI=1S/C21H20F3N5O2S/c1-10(25)29-19-15(27-21(2,3)20(29)26)9-14(23)17(18(19)24)13-7-11(22)8-16-12(13)5-6-28(16)32(4,30)31/h5-9,25-27H,1-4H3. The number of nitrogens with zero attached hydrogens (tertiary/aromatic N) is 2. The van der Waals surface area contributed by atoms with Crippen LogP contribution >= 0.6 is 0 Å². The van der Waals surface area contributed by atoms with E-state index in [0.717, 1.165) is 33.3 Å². The minimum absolute atomic E-state index is 0.0395. The molecule has 7 nitrogen and oxygen atoms in total. The fraction of sp³-hybridized carbons (Fsp3) is 0.238. The first-order chi connectivity index (χ1) is 14.7. The molecular weight excluding hydrogens is 443 g/mol. The average molecular weight is 463 g/mol. The first-order valence-corrected chi connectivity index (χ1v) is 11.3. The minimum atomic E-state index is -3.79. The van der Waals surface area contributed by atoms with Gasteiger partial charge in [0, 0.05) is 17.6 Å². The molecule has 0 saturated heterocycles. The van der Waals surface area contributed by atoms with Crippen LogP contribution in [0.5, 0.6) is 0 Å². The van der Waals surface area contributed by atoms with Gasteiger partial charge in [0.25, 0.3) is 0 Å². The molecule has 0 radical (unpaired) electrons. The maximum atomic E-state index is 15.9. The Morgan fingerprint density at radius 1 is 1.16 bits per heavy atom. The monoisotopic (exact) mass is 463 g/mol. The lowest BCUT2D eigenvalue weighted by atomic mass is 9.93. The van der Waals surface area contributed by atoms with Crippen molar-refractivity contribution in [3.8, 4) is 11.1 Å². The molecule has 168 valence electrons. The van der Waals surface area contributed by atoms with Crippen molar-refractivity contribution in [2.24, 2.45) is 0 Å². The number of fused-ring (bicyclic) bond motifs is 2. The number of amidine groups is 2.